The second-order valence-electron chi connectivity index (χ2n) is 4.72. The molecule has 20 heavy (non-hydrogen) atoms. The van der Waals surface area contributed by atoms with E-state index in [0.717, 1.165) is 0 Å². The average molecular weight is 290 g/mol. The van der Waals surface area contributed by atoms with E-state index in [1.807, 2.05) is 38.0 Å². The van der Waals surface area contributed by atoms with E-state index in [-0.39, 0.29) is 19.2 Å². The van der Waals surface area contributed by atoms with E-state index in [2.05, 4.69) is 9.97 Å². The molecule has 0 unspecified atom stereocenters. The number of hydrogen-bond acceptors (Lipinski definition) is 6. The van der Waals surface area contributed by atoms with E-state index in [4.69, 9.17) is 9.47 Å². The van der Waals surface area contributed by atoms with Crippen molar-refractivity contribution in [1.29, 1.82) is 0 Å². The van der Waals surface area contributed by atoms with Crippen LogP contribution >= 0.6 is 0 Å². The van der Waals surface area contributed by atoms with Crippen molar-refractivity contribution in [3.05, 3.63) is 11.8 Å². The zero-order valence-electron chi connectivity index (χ0n) is 12.2. The lowest BCUT2D eigenvalue weighted by molar-refractivity contribution is 0.216. The van der Waals surface area contributed by atoms with Gasteiger partial charge in [-0.1, -0.05) is 0 Å². The highest BCUT2D eigenvalue weighted by Gasteiger charge is 2.16. The molecule has 0 spiro atoms. The lowest BCUT2D eigenvalue weighted by Crippen LogP contribution is -2.21. The van der Waals surface area contributed by atoms with Crippen LogP contribution in [0.2, 0.25) is 0 Å². The minimum atomic E-state index is -1.28. The highest BCUT2D eigenvalue weighted by Crippen LogP contribution is 2.19. The van der Waals surface area contributed by atoms with E-state index in [0.29, 0.717) is 13.1 Å². The molecule has 0 aliphatic heterocycles. The molecule has 114 valence electrons. The van der Waals surface area contributed by atoms with Crippen LogP contribution in [0.3, 0.4) is 0 Å². The van der Waals surface area contributed by atoms with Crippen molar-refractivity contribution in [3.63, 3.8) is 0 Å². The summed E-state index contributed by atoms with van der Waals surface area (Å²) in [6, 6.07) is -0.231. The van der Waals surface area contributed by atoms with E-state index in [9.17, 15) is 8.78 Å². The fourth-order valence-electron chi connectivity index (χ4n) is 1.19. The van der Waals surface area contributed by atoms with Crippen LogP contribution < -0.4 is 9.47 Å². The van der Waals surface area contributed by atoms with Gasteiger partial charge in [-0.3, -0.25) is 0 Å². The molecule has 0 atom stereocenters. The first-order chi connectivity index (χ1) is 9.40. The van der Waals surface area contributed by atoms with Crippen LogP contribution in [0.1, 0.15) is 0 Å². The fourth-order valence-corrected chi connectivity index (χ4v) is 1.19. The lowest BCUT2D eigenvalue weighted by atomic mass is 10.5. The molecule has 0 bridgehead atoms. The van der Waals surface area contributed by atoms with Crippen molar-refractivity contribution in [2.24, 2.45) is 0 Å². The van der Waals surface area contributed by atoms with Crippen molar-refractivity contribution in [2.45, 2.75) is 0 Å². The summed E-state index contributed by atoms with van der Waals surface area (Å²) in [5, 5.41) is 0. The SMILES string of the molecule is CN(C)CCOc1nc(F)c(F)c(OCCN(C)C)n1. The Morgan fingerprint density at radius 3 is 2.00 bits per heavy atom. The highest BCUT2D eigenvalue weighted by atomic mass is 19.2. The minimum Gasteiger partial charge on any atom is -0.474 e. The molecule has 0 saturated carbocycles. The predicted molar refractivity (Wildman–Crippen MR) is 70.0 cm³/mol. The normalized spacial score (nSPS) is 11.2. The van der Waals surface area contributed by atoms with Crippen molar-refractivity contribution in [2.75, 3.05) is 54.5 Å². The molecule has 6 nitrogen and oxygen atoms in total. The molecular weight excluding hydrogens is 270 g/mol. The van der Waals surface area contributed by atoms with Crippen LogP contribution in [0.15, 0.2) is 0 Å². The first-order valence-corrected chi connectivity index (χ1v) is 6.18. The van der Waals surface area contributed by atoms with Gasteiger partial charge in [-0.05, 0) is 28.2 Å². The molecule has 0 saturated heterocycles. The summed E-state index contributed by atoms with van der Waals surface area (Å²) in [5.74, 6) is -2.91. The molecule has 1 aromatic rings. The van der Waals surface area contributed by atoms with Gasteiger partial charge in [-0.2, -0.15) is 18.7 Å². The average Bonchev–Trinajstić information content (AvgIpc) is 2.34. The third-order valence-corrected chi connectivity index (χ3v) is 2.31. The first-order valence-electron chi connectivity index (χ1n) is 6.18. The number of ether oxygens (including phenoxy) is 2. The van der Waals surface area contributed by atoms with Gasteiger partial charge in [0, 0.05) is 13.1 Å². The number of nitrogens with zero attached hydrogens (tertiary/aromatic N) is 4. The maximum Gasteiger partial charge on any atom is 0.322 e. The number of rotatable bonds is 8. The van der Waals surface area contributed by atoms with E-state index in [1.165, 1.54) is 0 Å². The molecule has 0 aliphatic carbocycles. The summed E-state index contributed by atoms with van der Waals surface area (Å²) >= 11 is 0. The standard InChI is InChI=1S/C12H20F2N4O2/c1-17(2)5-7-19-11-9(13)10(14)15-12(16-11)20-8-6-18(3)4/h5-8H2,1-4H3. The van der Waals surface area contributed by atoms with Gasteiger partial charge in [0.25, 0.3) is 11.8 Å². The van der Waals surface area contributed by atoms with E-state index in [1.54, 1.807) is 0 Å². The van der Waals surface area contributed by atoms with Gasteiger partial charge in [-0.25, -0.2) is 0 Å². The van der Waals surface area contributed by atoms with Gasteiger partial charge in [0.1, 0.15) is 13.2 Å². The zero-order chi connectivity index (χ0) is 15.1. The Kier molecular flexibility index (Phi) is 6.53. The number of aromatic nitrogens is 2. The maximum atomic E-state index is 13.5. The summed E-state index contributed by atoms with van der Waals surface area (Å²) < 4.78 is 37.0. The molecule has 0 aromatic carbocycles. The summed E-state index contributed by atoms with van der Waals surface area (Å²) in [6.07, 6.45) is 0. The molecule has 0 fully saturated rings. The van der Waals surface area contributed by atoms with Gasteiger partial charge in [0.2, 0.25) is 5.82 Å². The lowest BCUT2D eigenvalue weighted by Gasteiger charge is -2.12. The number of likely N-dealkylation sites (N-methyl/N-ethyl adjacent to an activating group) is 2. The monoisotopic (exact) mass is 290 g/mol. The Bertz CT molecular complexity index is 430. The van der Waals surface area contributed by atoms with Gasteiger partial charge in [0.05, 0.1) is 0 Å². The molecule has 0 aliphatic rings. The molecule has 0 radical (unpaired) electrons. The number of halogens is 2. The summed E-state index contributed by atoms with van der Waals surface area (Å²) in [6.45, 7) is 1.63. The molecule has 8 heteroatoms. The van der Waals surface area contributed by atoms with Crippen LogP contribution in [-0.4, -0.2) is 74.3 Å². The van der Waals surface area contributed by atoms with Gasteiger partial charge < -0.3 is 19.3 Å². The Morgan fingerprint density at radius 1 is 0.900 bits per heavy atom. The first kappa shape index (κ1) is 16.5. The molecule has 1 aromatic heterocycles. The third-order valence-electron chi connectivity index (χ3n) is 2.31. The van der Waals surface area contributed by atoms with Crippen molar-refractivity contribution in [1.82, 2.24) is 19.8 Å². The number of hydrogen-bond donors (Lipinski definition) is 0. The smallest absolute Gasteiger partial charge is 0.322 e. The third kappa shape index (κ3) is 5.62. The Morgan fingerprint density at radius 2 is 1.45 bits per heavy atom. The summed E-state index contributed by atoms with van der Waals surface area (Å²) in [5.41, 5.74) is 0. The van der Waals surface area contributed by atoms with Gasteiger partial charge in [0.15, 0.2) is 0 Å². The molecule has 0 N–H and O–H groups in total. The topological polar surface area (TPSA) is 50.7 Å². The van der Waals surface area contributed by atoms with Gasteiger partial charge >= 0.3 is 6.01 Å². The quantitative estimate of drug-likeness (QED) is 0.655. The van der Waals surface area contributed by atoms with E-state index < -0.39 is 17.6 Å². The van der Waals surface area contributed by atoms with Crippen molar-refractivity contribution < 1.29 is 18.3 Å². The van der Waals surface area contributed by atoms with Crippen LogP contribution in [0.4, 0.5) is 8.78 Å². The second kappa shape index (κ2) is 7.91. The second-order valence-corrected chi connectivity index (χ2v) is 4.72. The van der Waals surface area contributed by atoms with Crippen LogP contribution in [0.5, 0.6) is 11.9 Å². The minimum absolute atomic E-state index is 0.192. The van der Waals surface area contributed by atoms with Crippen LogP contribution in [0, 0.1) is 11.8 Å². The Hall–Kier alpha value is -1.54. The van der Waals surface area contributed by atoms with Gasteiger partial charge in [-0.15, -0.1) is 0 Å². The zero-order valence-corrected chi connectivity index (χ0v) is 12.2. The molecular formula is C12H20F2N4O2. The summed E-state index contributed by atoms with van der Waals surface area (Å²) in [7, 11) is 7.42. The Balaban J connectivity index is 2.65. The fraction of sp³-hybridized carbons (Fsp3) is 0.667. The molecule has 1 rings (SSSR count). The van der Waals surface area contributed by atoms with Crippen LogP contribution in [0.25, 0.3) is 0 Å². The molecule has 0 amide bonds. The highest BCUT2D eigenvalue weighted by molar-refractivity contribution is 5.15. The largest absolute Gasteiger partial charge is 0.474 e. The maximum absolute atomic E-state index is 13.5. The Labute approximate surface area is 117 Å². The van der Waals surface area contributed by atoms with Crippen molar-refractivity contribution in [3.8, 4) is 11.9 Å². The summed E-state index contributed by atoms with van der Waals surface area (Å²) in [4.78, 5) is 10.7. The van der Waals surface area contributed by atoms with Crippen molar-refractivity contribution >= 4 is 0 Å². The molecule has 1 heterocycles. The van der Waals surface area contributed by atoms with Crippen LogP contribution in [-0.2, 0) is 0 Å². The van der Waals surface area contributed by atoms with E-state index >= 15 is 0 Å². The predicted octanol–water partition coefficient (Wildman–Crippen LogP) is 0.636.